The Bertz CT molecular complexity index is 1070. The Kier molecular flexibility index (Phi) is 6.25. The van der Waals surface area contributed by atoms with Gasteiger partial charge in [0.2, 0.25) is 5.91 Å². The minimum absolute atomic E-state index is 0.00453. The topological polar surface area (TPSA) is 63.1 Å². The number of aromatic nitrogens is 3. The molecule has 0 radical (unpaired) electrons. The van der Waals surface area contributed by atoms with Crippen molar-refractivity contribution in [3.63, 3.8) is 0 Å². The highest BCUT2D eigenvalue weighted by atomic mass is 19.4. The van der Waals surface area contributed by atoms with E-state index in [0.717, 1.165) is 23.5 Å². The van der Waals surface area contributed by atoms with Crippen molar-refractivity contribution in [3.05, 3.63) is 78.3 Å². The van der Waals surface area contributed by atoms with Crippen molar-refractivity contribution in [2.24, 2.45) is 0 Å². The third-order valence-corrected chi connectivity index (χ3v) is 5.29. The molecule has 1 N–H and O–H groups in total. The number of anilines is 1. The standard InChI is InChI=1S/C23H22F3N5O/c24-23(25,26)18-7-8-21(27-15-18)30-12-10-19(11-13-30)29-22(32)9-6-17-14-28-31(16-17)20-4-2-1-3-5-20/h1-9,14-16,19H,10-13H2,(H,29,32)/b9-6+. The second-order valence-corrected chi connectivity index (χ2v) is 7.56. The second-order valence-electron chi connectivity index (χ2n) is 7.56. The monoisotopic (exact) mass is 441 g/mol. The predicted octanol–water partition coefficient (Wildman–Crippen LogP) is 4.08. The third kappa shape index (κ3) is 5.35. The lowest BCUT2D eigenvalue weighted by atomic mass is 10.0. The summed E-state index contributed by atoms with van der Waals surface area (Å²) < 4.78 is 39.8. The van der Waals surface area contributed by atoms with E-state index in [-0.39, 0.29) is 11.9 Å². The van der Waals surface area contributed by atoms with Gasteiger partial charge in [-0.1, -0.05) is 18.2 Å². The summed E-state index contributed by atoms with van der Waals surface area (Å²) in [4.78, 5) is 18.2. The van der Waals surface area contributed by atoms with Gasteiger partial charge in [-0.05, 0) is 43.2 Å². The van der Waals surface area contributed by atoms with E-state index < -0.39 is 11.7 Å². The van der Waals surface area contributed by atoms with Crippen LogP contribution in [0.3, 0.4) is 0 Å². The van der Waals surface area contributed by atoms with E-state index in [2.05, 4.69) is 15.4 Å². The molecule has 0 aliphatic carbocycles. The minimum atomic E-state index is -4.39. The van der Waals surface area contributed by atoms with E-state index in [4.69, 9.17) is 0 Å². The Morgan fingerprint density at radius 3 is 2.47 bits per heavy atom. The van der Waals surface area contributed by atoms with Gasteiger partial charge < -0.3 is 10.2 Å². The van der Waals surface area contributed by atoms with Crippen LogP contribution in [0.1, 0.15) is 24.0 Å². The van der Waals surface area contributed by atoms with Gasteiger partial charge in [0.1, 0.15) is 5.82 Å². The lowest BCUT2D eigenvalue weighted by molar-refractivity contribution is -0.137. The molecule has 0 spiro atoms. The van der Waals surface area contributed by atoms with Crippen LogP contribution in [0.2, 0.25) is 0 Å². The highest BCUT2D eigenvalue weighted by molar-refractivity contribution is 5.91. The number of para-hydroxylation sites is 1. The number of hydrogen-bond acceptors (Lipinski definition) is 4. The van der Waals surface area contributed by atoms with Gasteiger partial charge in [-0.15, -0.1) is 0 Å². The Labute approximate surface area is 183 Å². The van der Waals surface area contributed by atoms with E-state index >= 15 is 0 Å². The number of carbonyl (C=O) groups is 1. The van der Waals surface area contributed by atoms with E-state index in [0.29, 0.717) is 31.7 Å². The molecule has 1 aliphatic rings. The first-order valence-corrected chi connectivity index (χ1v) is 10.3. The summed E-state index contributed by atoms with van der Waals surface area (Å²) in [5.74, 6) is 0.321. The molecule has 1 saturated heterocycles. The summed E-state index contributed by atoms with van der Waals surface area (Å²) in [5, 5.41) is 7.28. The van der Waals surface area contributed by atoms with Gasteiger partial charge in [0.15, 0.2) is 0 Å². The van der Waals surface area contributed by atoms with Crippen molar-refractivity contribution < 1.29 is 18.0 Å². The molecule has 1 fully saturated rings. The van der Waals surface area contributed by atoms with Crippen LogP contribution in [0.25, 0.3) is 11.8 Å². The lowest BCUT2D eigenvalue weighted by Crippen LogP contribution is -2.44. The summed E-state index contributed by atoms with van der Waals surface area (Å²) in [7, 11) is 0. The van der Waals surface area contributed by atoms with E-state index in [1.165, 1.54) is 12.1 Å². The summed E-state index contributed by atoms with van der Waals surface area (Å²) in [6.45, 7) is 1.22. The average molecular weight is 441 g/mol. The Hall–Kier alpha value is -3.62. The summed E-state index contributed by atoms with van der Waals surface area (Å²) in [5.41, 5.74) is 0.989. The molecule has 4 rings (SSSR count). The molecule has 3 heterocycles. The zero-order chi connectivity index (χ0) is 22.6. The maximum absolute atomic E-state index is 12.7. The first-order valence-electron chi connectivity index (χ1n) is 10.3. The highest BCUT2D eigenvalue weighted by Gasteiger charge is 2.31. The number of benzene rings is 1. The number of pyridine rings is 1. The average Bonchev–Trinajstić information content (AvgIpc) is 3.28. The number of amides is 1. The van der Waals surface area contributed by atoms with E-state index in [1.54, 1.807) is 17.0 Å². The molecular formula is C23H22F3N5O. The molecule has 6 nitrogen and oxygen atoms in total. The molecule has 1 amide bonds. The Morgan fingerprint density at radius 2 is 1.81 bits per heavy atom. The number of halogens is 3. The molecule has 166 valence electrons. The number of nitrogens with one attached hydrogen (secondary N) is 1. The first-order chi connectivity index (χ1) is 15.4. The van der Waals surface area contributed by atoms with Crippen molar-refractivity contribution in [1.29, 1.82) is 0 Å². The zero-order valence-corrected chi connectivity index (χ0v) is 17.2. The minimum Gasteiger partial charge on any atom is -0.356 e. The smallest absolute Gasteiger partial charge is 0.356 e. The van der Waals surface area contributed by atoms with Crippen LogP contribution < -0.4 is 10.2 Å². The fourth-order valence-corrected chi connectivity index (χ4v) is 3.56. The van der Waals surface area contributed by atoms with Crippen molar-refractivity contribution >= 4 is 17.8 Å². The molecule has 0 saturated carbocycles. The van der Waals surface area contributed by atoms with Crippen molar-refractivity contribution in [2.45, 2.75) is 25.1 Å². The van der Waals surface area contributed by atoms with E-state index in [1.807, 2.05) is 41.4 Å². The molecule has 0 bridgehead atoms. The van der Waals surface area contributed by atoms with Gasteiger partial charge in [0.25, 0.3) is 0 Å². The van der Waals surface area contributed by atoms with Gasteiger partial charge in [-0.3, -0.25) is 4.79 Å². The van der Waals surface area contributed by atoms with E-state index in [9.17, 15) is 18.0 Å². The van der Waals surface area contributed by atoms with Gasteiger partial charge in [0.05, 0.1) is 17.4 Å². The number of carbonyl (C=O) groups excluding carboxylic acids is 1. The number of alkyl halides is 3. The molecule has 0 unspecified atom stereocenters. The molecular weight excluding hydrogens is 419 g/mol. The lowest BCUT2D eigenvalue weighted by Gasteiger charge is -2.33. The van der Waals surface area contributed by atoms with Crippen molar-refractivity contribution in [3.8, 4) is 5.69 Å². The van der Waals surface area contributed by atoms with Gasteiger partial charge in [0, 0.05) is 43.2 Å². The van der Waals surface area contributed by atoms with Gasteiger partial charge >= 0.3 is 6.18 Å². The van der Waals surface area contributed by atoms with Gasteiger partial charge in [-0.25, -0.2) is 9.67 Å². The van der Waals surface area contributed by atoms with Gasteiger partial charge in [-0.2, -0.15) is 18.3 Å². The quantitative estimate of drug-likeness (QED) is 0.606. The zero-order valence-electron chi connectivity index (χ0n) is 17.2. The molecule has 9 heteroatoms. The molecule has 1 aromatic carbocycles. The normalized spacial score (nSPS) is 15.3. The van der Waals surface area contributed by atoms with Crippen LogP contribution in [0.4, 0.5) is 19.0 Å². The highest BCUT2D eigenvalue weighted by Crippen LogP contribution is 2.29. The maximum Gasteiger partial charge on any atom is 0.417 e. The molecule has 0 atom stereocenters. The fraction of sp³-hybridized carbons (Fsp3) is 0.261. The van der Waals surface area contributed by atoms with Crippen molar-refractivity contribution in [1.82, 2.24) is 20.1 Å². The molecule has 3 aromatic rings. The summed E-state index contributed by atoms with van der Waals surface area (Å²) in [6.07, 6.45) is 4.56. The summed E-state index contributed by atoms with van der Waals surface area (Å²) in [6, 6.07) is 12.1. The second kappa shape index (κ2) is 9.25. The van der Waals surface area contributed by atoms with Crippen LogP contribution in [-0.4, -0.2) is 39.8 Å². The Morgan fingerprint density at radius 1 is 1.06 bits per heavy atom. The van der Waals surface area contributed by atoms with Crippen LogP contribution in [-0.2, 0) is 11.0 Å². The first kappa shape index (κ1) is 21.6. The number of piperidine rings is 1. The molecule has 2 aromatic heterocycles. The van der Waals surface area contributed by atoms with Crippen LogP contribution in [0.15, 0.2) is 67.1 Å². The number of hydrogen-bond donors (Lipinski definition) is 1. The fourth-order valence-electron chi connectivity index (χ4n) is 3.56. The largest absolute Gasteiger partial charge is 0.417 e. The van der Waals surface area contributed by atoms with Crippen LogP contribution in [0, 0.1) is 0 Å². The Balaban J connectivity index is 1.26. The SMILES string of the molecule is O=C(/C=C/c1cnn(-c2ccccc2)c1)NC1CCN(c2ccc(C(F)(F)F)cn2)CC1. The number of rotatable bonds is 5. The predicted molar refractivity (Wildman–Crippen MR) is 115 cm³/mol. The van der Waals surface area contributed by atoms with Crippen molar-refractivity contribution in [2.75, 3.05) is 18.0 Å². The molecule has 32 heavy (non-hydrogen) atoms. The third-order valence-electron chi connectivity index (χ3n) is 5.29. The summed E-state index contributed by atoms with van der Waals surface area (Å²) >= 11 is 0. The maximum atomic E-state index is 12.7. The number of nitrogens with zero attached hydrogens (tertiary/aromatic N) is 4. The van der Waals surface area contributed by atoms with Crippen LogP contribution in [0.5, 0.6) is 0 Å². The van der Waals surface area contributed by atoms with Crippen LogP contribution >= 0.6 is 0 Å². The molecule has 1 aliphatic heterocycles.